The number of ketones is 1. The zero-order valence-corrected chi connectivity index (χ0v) is 23.0. The van der Waals surface area contributed by atoms with Crippen LogP contribution in [-0.2, 0) is 16.1 Å². The second-order valence-corrected chi connectivity index (χ2v) is 8.96. The lowest BCUT2D eigenvalue weighted by Gasteiger charge is -2.26. The quantitative estimate of drug-likeness (QED) is 0.191. The largest absolute Gasteiger partial charge is 0.507 e. The van der Waals surface area contributed by atoms with Crippen molar-refractivity contribution in [3.63, 3.8) is 0 Å². The summed E-state index contributed by atoms with van der Waals surface area (Å²) in [6.45, 7) is 6.54. The summed E-state index contributed by atoms with van der Waals surface area (Å²) in [4.78, 5) is 28.4. The highest BCUT2D eigenvalue weighted by Crippen LogP contribution is 2.44. The van der Waals surface area contributed by atoms with Crippen LogP contribution >= 0.6 is 0 Å². The summed E-state index contributed by atoms with van der Waals surface area (Å²) < 4.78 is 22.2. The SMILES string of the molecule is CCOc1ccc(/C(O)=C2\C(=O)C(=O)N(Cc3cccc(OC)c3)C2c2ccc(O)c(OCC)c2)c(OCC)c1. The molecule has 1 heterocycles. The van der Waals surface area contributed by atoms with E-state index in [0.29, 0.717) is 42.6 Å². The standard InChI is InChI=1S/C31H33NO8/c1-5-38-22-12-13-23(25(17-22)39-6-2)29(34)27-28(20-11-14-24(33)26(16-20)40-7-3)32(31(36)30(27)35)18-19-9-8-10-21(15-19)37-4/h8-17,28,33-34H,5-7,18H2,1-4H3/b29-27+. The number of aromatic hydroxyl groups is 1. The summed E-state index contributed by atoms with van der Waals surface area (Å²) in [5.74, 6) is -0.430. The maximum Gasteiger partial charge on any atom is 0.295 e. The fourth-order valence-electron chi connectivity index (χ4n) is 4.70. The van der Waals surface area contributed by atoms with Gasteiger partial charge in [0.05, 0.1) is 44.1 Å². The molecule has 2 N–H and O–H groups in total. The fourth-order valence-corrected chi connectivity index (χ4v) is 4.70. The van der Waals surface area contributed by atoms with Crippen LogP contribution in [0.15, 0.2) is 66.2 Å². The Morgan fingerprint density at radius 1 is 0.850 bits per heavy atom. The van der Waals surface area contributed by atoms with Crippen molar-refractivity contribution in [3.8, 4) is 28.7 Å². The van der Waals surface area contributed by atoms with Crippen molar-refractivity contribution in [2.75, 3.05) is 26.9 Å². The van der Waals surface area contributed by atoms with E-state index in [0.717, 1.165) is 5.56 Å². The number of methoxy groups -OCH3 is 1. The molecular weight excluding hydrogens is 514 g/mol. The number of hydrogen-bond donors (Lipinski definition) is 2. The highest BCUT2D eigenvalue weighted by Gasteiger charge is 2.46. The summed E-state index contributed by atoms with van der Waals surface area (Å²) in [5, 5.41) is 21.9. The lowest BCUT2D eigenvalue weighted by molar-refractivity contribution is -0.140. The highest BCUT2D eigenvalue weighted by molar-refractivity contribution is 6.46. The zero-order valence-electron chi connectivity index (χ0n) is 23.0. The van der Waals surface area contributed by atoms with Crippen LogP contribution in [0.2, 0.25) is 0 Å². The summed E-state index contributed by atoms with van der Waals surface area (Å²) >= 11 is 0. The predicted molar refractivity (Wildman–Crippen MR) is 149 cm³/mol. The minimum atomic E-state index is -0.980. The maximum atomic E-state index is 13.6. The molecule has 1 fully saturated rings. The van der Waals surface area contributed by atoms with Crippen molar-refractivity contribution >= 4 is 17.4 Å². The summed E-state index contributed by atoms with van der Waals surface area (Å²) in [5.41, 5.74) is 1.35. The van der Waals surface area contributed by atoms with Crippen LogP contribution in [0.3, 0.4) is 0 Å². The number of nitrogens with zero attached hydrogens (tertiary/aromatic N) is 1. The third-order valence-corrected chi connectivity index (χ3v) is 6.45. The Bertz CT molecular complexity index is 1430. The molecule has 0 radical (unpaired) electrons. The van der Waals surface area contributed by atoms with E-state index in [-0.39, 0.29) is 34.9 Å². The molecule has 1 saturated heterocycles. The van der Waals surface area contributed by atoms with E-state index in [1.165, 1.54) is 11.0 Å². The smallest absolute Gasteiger partial charge is 0.295 e. The molecule has 0 bridgehead atoms. The van der Waals surface area contributed by atoms with Gasteiger partial charge >= 0.3 is 0 Å². The van der Waals surface area contributed by atoms with E-state index in [1.54, 1.807) is 69.5 Å². The van der Waals surface area contributed by atoms with Crippen molar-refractivity contribution < 1.29 is 38.7 Å². The van der Waals surface area contributed by atoms with Crippen molar-refractivity contribution in [2.45, 2.75) is 33.4 Å². The van der Waals surface area contributed by atoms with Gasteiger partial charge in [0.1, 0.15) is 23.0 Å². The number of phenolic OH excluding ortho intramolecular Hbond substituents is 1. The van der Waals surface area contributed by atoms with Gasteiger partial charge in [-0.25, -0.2) is 0 Å². The molecule has 0 saturated carbocycles. The molecule has 9 nitrogen and oxygen atoms in total. The number of likely N-dealkylation sites (tertiary alicyclic amines) is 1. The van der Waals surface area contributed by atoms with Crippen molar-refractivity contribution in [3.05, 3.63) is 82.9 Å². The molecule has 0 aliphatic carbocycles. The Kier molecular flexibility index (Phi) is 8.83. The first-order valence-electron chi connectivity index (χ1n) is 13.1. The van der Waals surface area contributed by atoms with Gasteiger partial charge in [-0.1, -0.05) is 18.2 Å². The van der Waals surface area contributed by atoms with E-state index in [9.17, 15) is 19.8 Å². The average molecular weight is 548 g/mol. The summed E-state index contributed by atoms with van der Waals surface area (Å²) in [6, 6.07) is 15.7. The van der Waals surface area contributed by atoms with Gasteiger partial charge in [0.15, 0.2) is 11.5 Å². The van der Waals surface area contributed by atoms with E-state index >= 15 is 0 Å². The Hall–Kier alpha value is -4.66. The number of rotatable bonds is 11. The van der Waals surface area contributed by atoms with Gasteiger partial charge in [0.25, 0.3) is 11.7 Å². The molecule has 0 aromatic heterocycles. The highest BCUT2D eigenvalue weighted by atomic mass is 16.5. The van der Waals surface area contributed by atoms with Gasteiger partial charge < -0.3 is 34.1 Å². The molecule has 1 amide bonds. The van der Waals surface area contributed by atoms with Crippen LogP contribution in [0, 0.1) is 0 Å². The van der Waals surface area contributed by atoms with Gasteiger partial charge in [-0.15, -0.1) is 0 Å². The van der Waals surface area contributed by atoms with Gasteiger partial charge in [-0.05, 0) is 68.3 Å². The summed E-state index contributed by atoms with van der Waals surface area (Å²) in [7, 11) is 1.55. The number of hydrogen-bond acceptors (Lipinski definition) is 8. The Balaban J connectivity index is 1.91. The average Bonchev–Trinajstić information content (AvgIpc) is 3.19. The first kappa shape index (κ1) is 28.4. The number of amides is 1. The summed E-state index contributed by atoms with van der Waals surface area (Å²) in [6.07, 6.45) is 0. The lowest BCUT2D eigenvalue weighted by Crippen LogP contribution is -2.29. The first-order chi connectivity index (χ1) is 19.3. The van der Waals surface area contributed by atoms with Crippen LogP contribution in [-0.4, -0.2) is 53.7 Å². The fraction of sp³-hybridized carbons (Fsp3) is 0.290. The Morgan fingerprint density at radius 2 is 1.57 bits per heavy atom. The Labute approximate surface area is 233 Å². The number of benzene rings is 3. The van der Waals surface area contributed by atoms with Gasteiger partial charge in [-0.2, -0.15) is 0 Å². The molecule has 3 aromatic rings. The topological polar surface area (TPSA) is 115 Å². The minimum absolute atomic E-state index is 0.0651. The van der Waals surface area contributed by atoms with Crippen molar-refractivity contribution in [1.82, 2.24) is 4.90 Å². The molecule has 0 spiro atoms. The minimum Gasteiger partial charge on any atom is -0.507 e. The van der Waals surface area contributed by atoms with E-state index < -0.39 is 17.7 Å². The van der Waals surface area contributed by atoms with Gasteiger partial charge in [0.2, 0.25) is 0 Å². The third kappa shape index (κ3) is 5.68. The van der Waals surface area contributed by atoms with E-state index in [1.807, 2.05) is 13.0 Å². The number of carbonyl (C=O) groups excluding carboxylic acids is 2. The second kappa shape index (κ2) is 12.5. The number of Topliss-reactive ketones (excluding diaryl/α,β-unsaturated/α-hetero) is 1. The number of carbonyl (C=O) groups is 2. The number of phenols is 1. The van der Waals surface area contributed by atoms with Crippen LogP contribution in [0.1, 0.15) is 43.5 Å². The van der Waals surface area contributed by atoms with E-state index in [2.05, 4.69) is 0 Å². The van der Waals surface area contributed by atoms with Gasteiger partial charge in [-0.3, -0.25) is 9.59 Å². The number of aliphatic hydroxyl groups excluding tert-OH is 1. The van der Waals surface area contributed by atoms with Gasteiger partial charge in [0, 0.05) is 12.6 Å². The number of ether oxygens (including phenoxy) is 4. The molecule has 210 valence electrons. The predicted octanol–water partition coefficient (Wildman–Crippen LogP) is 5.22. The lowest BCUT2D eigenvalue weighted by atomic mass is 9.94. The van der Waals surface area contributed by atoms with Crippen LogP contribution in [0.25, 0.3) is 5.76 Å². The van der Waals surface area contributed by atoms with E-state index in [4.69, 9.17) is 18.9 Å². The molecular formula is C31H33NO8. The number of aliphatic hydroxyl groups is 1. The van der Waals surface area contributed by atoms with Crippen molar-refractivity contribution in [2.24, 2.45) is 0 Å². The molecule has 4 rings (SSSR count). The van der Waals surface area contributed by atoms with Crippen LogP contribution in [0.4, 0.5) is 0 Å². The molecule has 1 aliphatic heterocycles. The van der Waals surface area contributed by atoms with Crippen LogP contribution in [0.5, 0.6) is 28.7 Å². The monoisotopic (exact) mass is 547 g/mol. The molecule has 1 atom stereocenters. The molecule has 9 heteroatoms. The molecule has 3 aromatic carbocycles. The molecule has 1 unspecified atom stereocenters. The Morgan fingerprint density at radius 3 is 2.27 bits per heavy atom. The third-order valence-electron chi connectivity index (χ3n) is 6.45. The molecule has 1 aliphatic rings. The normalized spacial score (nSPS) is 16.2. The first-order valence-corrected chi connectivity index (χ1v) is 13.1. The van der Waals surface area contributed by atoms with Crippen molar-refractivity contribution in [1.29, 1.82) is 0 Å². The molecule has 40 heavy (non-hydrogen) atoms. The van der Waals surface area contributed by atoms with Crippen LogP contribution < -0.4 is 18.9 Å². The maximum absolute atomic E-state index is 13.6. The zero-order chi connectivity index (χ0) is 28.8. The second-order valence-electron chi connectivity index (χ2n) is 8.96.